The fourth-order valence-corrected chi connectivity index (χ4v) is 3.57. The third-order valence-electron chi connectivity index (χ3n) is 5.08. The van der Waals surface area contributed by atoms with Crippen molar-refractivity contribution >= 4 is 29.9 Å². The quantitative estimate of drug-likeness (QED) is 0.281. The molecule has 1 aliphatic heterocycles. The van der Waals surface area contributed by atoms with Gasteiger partial charge in [0.15, 0.2) is 17.5 Å². The van der Waals surface area contributed by atoms with E-state index in [0.29, 0.717) is 42.4 Å². The number of nitrogens with one attached hydrogen (secondary N) is 2. The molecule has 172 valence electrons. The number of aliphatic imine (C=N–C) groups is 1. The van der Waals surface area contributed by atoms with E-state index >= 15 is 0 Å². The number of rotatable bonds is 9. The highest BCUT2D eigenvalue weighted by Crippen LogP contribution is 2.32. The lowest BCUT2D eigenvalue weighted by molar-refractivity contribution is -0.0520. The molecule has 1 atom stereocenters. The molecule has 2 rings (SSSR count). The Balaban J connectivity index is 0.00000450. The van der Waals surface area contributed by atoms with E-state index in [9.17, 15) is 8.78 Å². The van der Waals surface area contributed by atoms with Gasteiger partial charge >= 0.3 is 6.61 Å². The highest BCUT2D eigenvalue weighted by molar-refractivity contribution is 14.0. The minimum absolute atomic E-state index is 0. The van der Waals surface area contributed by atoms with Gasteiger partial charge in [0.25, 0.3) is 0 Å². The molecule has 1 aromatic rings. The van der Waals surface area contributed by atoms with Crippen LogP contribution < -0.4 is 20.1 Å². The first-order valence-electron chi connectivity index (χ1n) is 10.3. The summed E-state index contributed by atoms with van der Waals surface area (Å²) in [5.74, 6) is 1.57. The number of ether oxygens (including phenoxy) is 2. The lowest BCUT2D eigenvalue weighted by atomic mass is 9.97. The molecule has 0 aliphatic carbocycles. The van der Waals surface area contributed by atoms with Gasteiger partial charge in [-0.3, -0.25) is 4.99 Å². The van der Waals surface area contributed by atoms with Gasteiger partial charge < -0.3 is 25.0 Å². The first-order chi connectivity index (χ1) is 13.9. The van der Waals surface area contributed by atoms with Crippen molar-refractivity contribution in [3.8, 4) is 11.5 Å². The Hall–Kier alpha value is -1.36. The van der Waals surface area contributed by atoms with E-state index in [-0.39, 0.29) is 29.7 Å². The van der Waals surface area contributed by atoms with Crippen LogP contribution in [0.4, 0.5) is 8.78 Å². The van der Waals surface area contributed by atoms with Gasteiger partial charge in [0.2, 0.25) is 0 Å². The van der Waals surface area contributed by atoms with Crippen molar-refractivity contribution in [1.82, 2.24) is 15.5 Å². The summed E-state index contributed by atoms with van der Waals surface area (Å²) < 4.78 is 35.9. The molecule has 1 heterocycles. The Morgan fingerprint density at radius 1 is 1.30 bits per heavy atom. The van der Waals surface area contributed by atoms with E-state index in [2.05, 4.69) is 34.4 Å². The maximum absolute atomic E-state index is 12.9. The van der Waals surface area contributed by atoms with Gasteiger partial charge in [0, 0.05) is 38.3 Å². The van der Waals surface area contributed by atoms with Crippen molar-refractivity contribution in [2.75, 3.05) is 33.3 Å². The van der Waals surface area contributed by atoms with Crippen LogP contribution in [0.2, 0.25) is 0 Å². The summed E-state index contributed by atoms with van der Waals surface area (Å²) in [7, 11) is 1.70. The average Bonchev–Trinajstić information content (AvgIpc) is 2.70. The zero-order chi connectivity index (χ0) is 21.2. The summed E-state index contributed by atoms with van der Waals surface area (Å²) in [5.41, 5.74) is 0.586. The smallest absolute Gasteiger partial charge is 0.387 e. The minimum Gasteiger partial charge on any atom is -0.490 e. The summed E-state index contributed by atoms with van der Waals surface area (Å²) in [4.78, 5) is 6.75. The first kappa shape index (κ1) is 26.7. The van der Waals surface area contributed by atoms with Crippen LogP contribution in [0, 0.1) is 5.92 Å². The second-order valence-corrected chi connectivity index (χ2v) is 7.46. The maximum Gasteiger partial charge on any atom is 0.387 e. The van der Waals surface area contributed by atoms with Crippen LogP contribution in [0.15, 0.2) is 23.2 Å². The number of benzene rings is 1. The molecule has 0 bridgehead atoms. The van der Waals surface area contributed by atoms with Crippen molar-refractivity contribution in [3.05, 3.63) is 23.8 Å². The van der Waals surface area contributed by atoms with E-state index in [1.807, 2.05) is 0 Å². The third-order valence-corrected chi connectivity index (χ3v) is 5.08. The molecule has 1 aliphatic rings. The number of nitrogens with zero attached hydrogens (tertiary/aromatic N) is 2. The number of guanidine groups is 1. The monoisotopic (exact) mass is 540 g/mol. The van der Waals surface area contributed by atoms with Crippen LogP contribution >= 0.6 is 24.0 Å². The van der Waals surface area contributed by atoms with E-state index in [1.54, 1.807) is 32.2 Å². The fraction of sp³-hybridized carbons (Fsp3) is 0.667. The summed E-state index contributed by atoms with van der Waals surface area (Å²) in [6, 6.07) is 5.68. The number of hydrogen-bond acceptors (Lipinski definition) is 4. The molecule has 2 N–H and O–H groups in total. The lowest BCUT2D eigenvalue weighted by Gasteiger charge is -2.35. The molecule has 1 unspecified atom stereocenters. The van der Waals surface area contributed by atoms with E-state index in [4.69, 9.17) is 9.47 Å². The second kappa shape index (κ2) is 13.8. The average molecular weight is 540 g/mol. The van der Waals surface area contributed by atoms with Crippen LogP contribution in [0.25, 0.3) is 0 Å². The Bertz CT molecular complexity index is 662. The van der Waals surface area contributed by atoms with E-state index in [0.717, 1.165) is 19.6 Å². The van der Waals surface area contributed by atoms with Crippen LogP contribution in [0.5, 0.6) is 11.5 Å². The number of hydrogen-bond donors (Lipinski definition) is 2. The first-order valence-corrected chi connectivity index (χ1v) is 10.3. The molecule has 30 heavy (non-hydrogen) atoms. The van der Waals surface area contributed by atoms with Gasteiger partial charge in [-0.2, -0.15) is 8.78 Å². The minimum atomic E-state index is -2.91. The molecule has 6 nitrogen and oxygen atoms in total. The third kappa shape index (κ3) is 8.41. The summed E-state index contributed by atoms with van der Waals surface area (Å²) in [5, 5.41) is 6.55. The molecule has 1 fully saturated rings. The topological polar surface area (TPSA) is 58.1 Å². The van der Waals surface area contributed by atoms with Crippen molar-refractivity contribution in [2.24, 2.45) is 10.9 Å². The van der Waals surface area contributed by atoms with Gasteiger partial charge in [-0.25, -0.2) is 0 Å². The summed E-state index contributed by atoms with van der Waals surface area (Å²) in [6.45, 7) is 7.06. The normalized spacial score (nSPS) is 17.6. The Labute approximate surface area is 195 Å². The molecule has 0 saturated carbocycles. The van der Waals surface area contributed by atoms with Crippen molar-refractivity contribution in [2.45, 2.75) is 52.8 Å². The molecule has 9 heteroatoms. The van der Waals surface area contributed by atoms with Gasteiger partial charge in [-0.1, -0.05) is 12.1 Å². The van der Waals surface area contributed by atoms with Crippen molar-refractivity contribution in [1.29, 1.82) is 0 Å². The molecule has 1 saturated heterocycles. The summed E-state index contributed by atoms with van der Waals surface area (Å²) >= 11 is 0. The highest BCUT2D eigenvalue weighted by Gasteiger charge is 2.22. The molecule has 0 aromatic heterocycles. The number of alkyl halides is 2. The van der Waals surface area contributed by atoms with Crippen LogP contribution in [-0.4, -0.2) is 56.8 Å². The number of likely N-dealkylation sites (tertiary alicyclic amines) is 1. The molecular weight excluding hydrogens is 505 g/mol. The molecule has 1 aromatic carbocycles. The fourth-order valence-electron chi connectivity index (χ4n) is 3.57. The SMILES string of the molecule is CCOc1cccc(CNC(=NC)NCC2CCCN(C(C)C)C2)c1OC(F)F.I. The Morgan fingerprint density at radius 3 is 2.70 bits per heavy atom. The second-order valence-electron chi connectivity index (χ2n) is 7.46. The molecule has 0 spiro atoms. The van der Waals surface area contributed by atoms with E-state index < -0.39 is 6.61 Å². The van der Waals surface area contributed by atoms with Gasteiger partial charge in [0.1, 0.15) is 0 Å². The predicted octanol–water partition coefficient (Wildman–Crippen LogP) is 4.09. The van der Waals surface area contributed by atoms with Crippen LogP contribution in [0.1, 0.15) is 39.2 Å². The van der Waals surface area contributed by atoms with Crippen molar-refractivity contribution in [3.63, 3.8) is 0 Å². The predicted molar refractivity (Wildman–Crippen MR) is 127 cm³/mol. The standard InChI is InChI=1S/C21H34F2N4O2.HI/c1-5-28-18-10-6-9-17(19(18)29-20(22)23)13-26-21(24-4)25-12-16-8-7-11-27(14-16)15(2)3;/h6,9-10,15-16,20H,5,7-8,11-14H2,1-4H3,(H2,24,25,26);1H. The van der Waals surface area contributed by atoms with Gasteiger partial charge in [-0.05, 0) is 52.1 Å². The Kier molecular flexibility index (Phi) is 12.3. The molecule has 0 amide bonds. The zero-order valence-corrected chi connectivity index (χ0v) is 20.6. The van der Waals surface area contributed by atoms with Gasteiger partial charge in [0.05, 0.1) is 6.61 Å². The largest absolute Gasteiger partial charge is 0.490 e. The Morgan fingerprint density at radius 2 is 2.07 bits per heavy atom. The van der Waals surface area contributed by atoms with E-state index in [1.165, 1.54) is 12.8 Å². The number of piperidine rings is 1. The highest BCUT2D eigenvalue weighted by atomic mass is 127. The van der Waals surface area contributed by atoms with Crippen LogP contribution in [0.3, 0.4) is 0 Å². The summed E-state index contributed by atoms with van der Waals surface area (Å²) in [6.07, 6.45) is 2.39. The number of para-hydroxylation sites is 1. The van der Waals surface area contributed by atoms with Gasteiger partial charge in [-0.15, -0.1) is 24.0 Å². The zero-order valence-electron chi connectivity index (χ0n) is 18.3. The lowest BCUT2D eigenvalue weighted by Crippen LogP contribution is -2.46. The molecular formula is C21H35F2IN4O2. The van der Waals surface area contributed by atoms with Crippen molar-refractivity contribution < 1.29 is 18.3 Å². The maximum atomic E-state index is 12.9. The molecule has 0 radical (unpaired) electrons. The van der Waals surface area contributed by atoms with Crippen LogP contribution in [-0.2, 0) is 6.54 Å². The number of halogens is 3.